The molecule has 8 heteroatoms. The van der Waals surface area contributed by atoms with E-state index >= 15 is 0 Å². The number of hydrogen-bond donors (Lipinski definition) is 1. The quantitative estimate of drug-likeness (QED) is 0.747. The topological polar surface area (TPSA) is 88.2 Å². The van der Waals surface area contributed by atoms with E-state index in [1.54, 1.807) is 44.2 Å². The lowest BCUT2D eigenvalue weighted by molar-refractivity contribution is -0.142. The van der Waals surface area contributed by atoms with Gasteiger partial charge in [-0.1, -0.05) is 20.3 Å². The molecule has 8 nitrogen and oxygen atoms in total. The molecule has 0 saturated heterocycles. The first kappa shape index (κ1) is 25.0. The lowest BCUT2D eigenvalue weighted by atomic mass is 9.83. The Morgan fingerprint density at radius 1 is 1.21 bits per heavy atom. The number of rotatable bonds is 4. The normalized spacial score (nSPS) is 24.6. The SMILES string of the molecule is CCC(=O)Nc1ccc2c(c1)OC[C@@H](C)N(C(=O)C1CCC1)C[C@@H](C)[C@H](OC)CN(C)C2=O. The number of fused-ring (bicyclic) bond motifs is 1. The van der Waals surface area contributed by atoms with Gasteiger partial charge in [-0.05, 0) is 31.9 Å². The summed E-state index contributed by atoms with van der Waals surface area (Å²) in [6.45, 7) is 7.00. The predicted molar refractivity (Wildman–Crippen MR) is 126 cm³/mol. The first-order valence-corrected chi connectivity index (χ1v) is 11.9. The number of hydrogen-bond acceptors (Lipinski definition) is 5. The fraction of sp³-hybridized carbons (Fsp3) is 0.640. The van der Waals surface area contributed by atoms with Crippen LogP contribution in [0.15, 0.2) is 18.2 Å². The smallest absolute Gasteiger partial charge is 0.257 e. The standard InChI is InChI=1S/C25H37N3O5/c1-6-23(29)26-19-10-11-20-21(12-19)33-15-17(3)28(24(30)18-8-7-9-18)13-16(2)22(32-5)14-27(4)25(20)31/h10-12,16-18,22H,6-9,13-15H2,1-5H3,(H,26,29)/t16-,17-,22-/m1/s1. The zero-order valence-electron chi connectivity index (χ0n) is 20.4. The van der Waals surface area contributed by atoms with E-state index < -0.39 is 0 Å². The van der Waals surface area contributed by atoms with Gasteiger partial charge >= 0.3 is 0 Å². The fourth-order valence-electron chi connectivity index (χ4n) is 4.30. The Morgan fingerprint density at radius 3 is 2.55 bits per heavy atom. The largest absolute Gasteiger partial charge is 0.491 e. The molecule has 0 spiro atoms. The molecular weight excluding hydrogens is 422 g/mol. The fourth-order valence-corrected chi connectivity index (χ4v) is 4.30. The molecule has 1 aliphatic carbocycles. The van der Waals surface area contributed by atoms with Crippen LogP contribution in [0.25, 0.3) is 0 Å². The van der Waals surface area contributed by atoms with Gasteiger partial charge in [-0.15, -0.1) is 0 Å². The second-order valence-electron chi connectivity index (χ2n) is 9.33. The number of nitrogens with zero attached hydrogens (tertiary/aromatic N) is 2. The summed E-state index contributed by atoms with van der Waals surface area (Å²) in [4.78, 5) is 41.9. The first-order chi connectivity index (χ1) is 15.7. The van der Waals surface area contributed by atoms with Crippen molar-refractivity contribution in [3.05, 3.63) is 23.8 Å². The summed E-state index contributed by atoms with van der Waals surface area (Å²) in [5, 5.41) is 2.82. The third kappa shape index (κ3) is 5.85. The van der Waals surface area contributed by atoms with Crippen LogP contribution in [0.2, 0.25) is 0 Å². The van der Waals surface area contributed by atoms with Crippen molar-refractivity contribution >= 4 is 23.4 Å². The maximum absolute atomic E-state index is 13.2. The van der Waals surface area contributed by atoms with Crippen LogP contribution in [-0.4, -0.2) is 73.5 Å². The van der Waals surface area contributed by atoms with Crippen LogP contribution in [0.3, 0.4) is 0 Å². The minimum absolute atomic E-state index is 0.0438. The second-order valence-corrected chi connectivity index (χ2v) is 9.33. The molecule has 1 aromatic rings. The van der Waals surface area contributed by atoms with E-state index in [0.717, 1.165) is 19.3 Å². The number of ether oxygens (including phenoxy) is 2. The van der Waals surface area contributed by atoms with Gasteiger partial charge < -0.3 is 24.6 Å². The third-order valence-electron chi connectivity index (χ3n) is 6.79. The van der Waals surface area contributed by atoms with E-state index in [9.17, 15) is 14.4 Å². The molecule has 0 radical (unpaired) electrons. The van der Waals surface area contributed by atoms with Crippen LogP contribution in [0.4, 0.5) is 5.69 Å². The molecule has 1 fully saturated rings. The summed E-state index contributed by atoms with van der Waals surface area (Å²) in [6, 6.07) is 4.90. The minimum Gasteiger partial charge on any atom is -0.491 e. The van der Waals surface area contributed by atoms with Gasteiger partial charge in [-0.3, -0.25) is 14.4 Å². The number of anilines is 1. The zero-order valence-corrected chi connectivity index (χ0v) is 20.4. The van der Waals surface area contributed by atoms with E-state index in [0.29, 0.717) is 36.5 Å². The van der Waals surface area contributed by atoms with E-state index in [4.69, 9.17) is 9.47 Å². The first-order valence-electron chi connectivity index (χ1n) is 11.9. The Kier molecular flexibility index (Phi) is 8.35. The highest BCUT2D eigenvalue weighted by atomic mass is 16.5. The number of benzene rings is 1. The highest BCUT2D eigenvalue weighted by Crippen LogP contribution is 2.31. The number of carbonyl (C=O) groups is 3. The highest BCUT2D eigenvalue weighted by molar-refractivity contribution is 5.98. The Hall–Kier alpha value is -2.61. The van der Waals surface area contributed by atoms with Gasteiger partial charge in [0.15, 0.2) is 0 Å². The monoisotopic (exact) mass is 459 g/mol. The summed E-state index contributed by atoms with van der Waals surface area (Å²) in [6.07, 6.45) is 3.11. The third-order valence-corrected chi connectivity index (χ3v) is 6.79. The Balaban J connectivity index is 1.94. The molecule has 3 atom stereocenters. The average molecular weight is 460 g/mol. The van der Waals surface area contributed by atoms with Crippen molar-refractivity contribution in [2.75, 3.05) is 39.2 Å². The van der Waals surface area contributed by atoms with Crippen molar-refractivity contribution in [2.24, 2.45) is 11.8 Å². The lowest BCUT2D eigenvalue weighted by Crippen LogP contribution is -2.51. The number of nitrogens with one attached hydrogen (secondary N) is 1. The Morgan fingerprint density at radius 2 is 1.94 bits per heavy atom. The highest BCUT2D eigenvalue weighted by Gasteiger charge is 2.35. The molecule has 3 amide bonds. The van der Waals surface area contributed by atoms with Gasteiger partial charge in [0, 0.05) is 57.3 Å². The van der Waals surface area contributed by atoms with E-state index in [1.807, 2.05) is 11.8 Å². The van der Waals surface area contributed by atoms with E-state index in [1.165, 1.54) is 0 Å². The summed E-state index contributed by atoms with van der Waals surface area (Å²) in [7, 11) is 3.38. The summed E-state index contributed by atoms with van der Waals surface area (Å²) in [5.74, 6) is 0.400. The maximum Gasteiger partial charge on any atom is 0.257 e. The van der Waals surface area contributed by atoms with E-state index in [-0.39, 0.29) is 48.3 Å². The van der Waals surface area contributed by atoms with Crippen LogP contribution in [0, 0.1) is 11.8 Å². The Labute approximate surface area is 196 Å². The number of methoxy groups -OCH3 is 1. The molecule has 0 unspecified atom stereocenters. The molecular formula is C25H37N3O5. The number of amides is 3. The molecule has 1 heterocycles. The van der Waals surface area contributed by atoms with Crippen LogP contribution in [0.5, 0.6) is 5.75 Å². The van der Waals surface area contributed by atoms with Crippen LogP contribution in [0.1, 0.15) is 56.8 Å². The number of carbonyl (C=O) groups excluding carboxylic acids is 3. The molecule has 1 saturated carbocycles. The van der Waals surface area contributed by atoms with Gasteiger partial charge in [-0.25, -0.2) is 0 Å². The van der Waals surface area contributed by atoms with Crippen molar-refractivity contribution in [3.8, 4) is 5.75 Å². The van der Waals surface area contributed by atoms with Crippen molar-refractivity contribution in [2.45, 2.75) is 58.6 Å². The van der Waals surface area contributed by atoms with Crippen LogP contribution >= 0.6 is 0 Å². The van der Waals surface area contributed by atoms with Crippen LogP contribution < -0.4 is 10.1 Å². The summed E-state index contributed by atoms with van der Waals surface area (Å²) < 4.78 is 11.9. The Bertz CT molecular complexity index is 870. The molecule has 1 aliphatic heterocycles. The maximum atomic E-state index is 13.2. The van der Waals surface area contributed by atoms with Gasteiger partial charge in [-0.2, -0.15) is 0 Å². The molecule has 0 bridgehead atoms. The molecule has 3 rings (SSSR count). The minimum atomic E-state index is -0.213. The number of likely N-dealkylation sites (N-methyl/N-ethyl adjacent to an activating group) is 1. The lowest BCUT2D eigenvalue weighted by Gasteiger charge is -2.39. The van der Waals surface area contributed by atoms with Crippen LogP contribution in [-0.2, 0) is 14.3 Å². The van der Waals surface area contributed by atoms with E-state index in [2.05, 4.69) is 12.2 Å². The van der Waals surface area contributed by atoms with Gasteiger partial charge in [0.05, 0.1) is 17.7 Å². The van der Waals surface area contributed by atoms with Gasteiger partial charge in [0.1, 0.15) is 12.4 Å². The van der Waals surface area contributed by atoms with Gasteiger partial charge in [0.2, 0.25) is 11.8 Å². The average Bonchev–Trinajstić information content (AvgIpc) is 2.76. The molecule has 1 N–H and O–H groups in total. The molecule has 1 aromatic carbocycles. The summed E-state index contributed by atoms with van der Waals surface area (Å²) >= 11 is 0. The molecule has 33 heavy (non-hydrogen) atoms. The van der Waals surface area contributed by atoms with Crippen molar-refractivity contribution in [3.63, 3.8) is 0 Å². The summed E-state index contributed by atoms with van der Waals surface area (Å²) in [5.41, 5.74) is 0.987. The molecule has 0 aromatic heterocycles. The molecule has 2 aliphatic rings. The van der Waals surface area contributed by atoms with Crippen molar-refractivity contribution in [1.82, 2.24) is 9.80 Å². The zero-order chi connectivity index (χ0) is 24.1. The van der Waals surface area contributed by atoms with Crippen molar-refractivity contribution in [1.29, 1.82) is 0 Å². The predicted octanol–water partition coefficient (Wildman–Crippen LogP) is 3.17. The van der Waals surface area contributed by atoms with Crippen molar-refractivity contribution < 1.29 is 23.9 Å². The van der Waals surface area contributed by atoms with Gasteiger partial charge in [0.25, 0.3) is 5.91 Å². The second kappa shape index (κ2) is 11.0. The molecule has 182 valence electrons.